The van der Waals surface area contributed by atoms with Gasteiger partial charge >= 0.3 is 12.0 Å². The van der Waals surface area contributed by atoms with Crippen LogP contribution in [0.5, 0.6) is 0 Å². The third-order valence-electron chi connectivity index (χ3n) is 4.65. The highest BCUT2D eigenvalue weighted by molar-refractivity contribution is 7.91. The predicted molar refractivity (Wildman–Crippen MR) is 70.0 cm³/mol. The Morgan fingerprint density at radius 2 is 1.95 bits per heavy atom. The summed E-state index contributed by atoms with van der Waals surface area (Å²) in [6, 6.07) is -0.895. The van der Waals surface area contributed by atoms with E-state index in [4.69, 9.17) is 5.11 Å². The normalized spacial score (nSPS) is 38.1. The summed E-state index contributed by atoms with van der Waals surface area (Å²) in [5.41, 5.74) is 0. The van der Waals surface area contributed by atoms with E-state index in [-0.39, 0.29) is 35.7 Å². The summed E-state index contributed by atoms with van der Waals surface area (Å²) in [5.74, 6) is -1.22. The summed E-state index contributed by atoms with van der Waals surface area (Å²) in [6.07, 6.45) is 2.51. The van der Waals surface area contributed by atoms with Gasteiger partial charge in [0.25, 0.3) is 0 Å². The Morgan fingerprint density at radius 3 is 2.50 bits per heavy atom. The topological polar surface area (TPSA) is 104 Å². The van der Waals surface area contributed by atoms with Crippen LogP contribution in [0, 0.1) is 5.92 Å². The maximum absolute atomic E-state index is 12.3. The molecule has 0 aliphatic carbocycles. The average Bonchev–Trinajstić information content (AvgIpc) is 3.01. The second-order valence-electron chi connectivity index (χ2n) is 5.94. The van der Waals surface area contributed by atoms with Crippen LogP contribution in [0.25, 0.3) is 0 Å². The van der Waals surface area contributed by atoms with Gasteiger partial charge in [0.15, 0.2) is 9.84 Å². The van der Waals surface area contributed by atoms with Gasteiger partial charge in [0.2, 0.25) is 0 Å². The van der Waals surface area contributed by atoms with Crippen molar-refractivity contribution in [3.63, 3.8) is 0 Å². The lowest BCUT2D eigenvalue weighted by atomic mass is 9.89. The number of carbonyl (C=O) groups excluding carboxylic acids is 1. The van der Waals surface area contributed by atoms with Crippen LogP contribution < -0.4 is 5.32 Å². The molecule has 8 heteroatoms. The molecule has 3 aliphatic heterocycles. The van der Waals surface area contributed by atoms with Gasteiger partial charge in [-0.15, -0.1) is 0 Å². The highest BCUT2D eigenvalue weighted by Crippen LogP contribution is 2.41. The molecule has 0 aromatic rings. The first kappa shape index (κ1) is 13.7. The van der Waals surface area contributed by atoms with Crippen LogP contribution >= 0.6 is 0 Å². The molecule has 0 spiro atoms. The molecular formula is C12H18N2O5S. The molecule has 3 heterocycles. The molecule has 3 fully saturated rings. The molecule has 3 aliphatic rings. The monoisotopic (exact) mass is 302 g/mol. The van der Waals surface area contributed by atoms with E-state index in [1.807, 2.05) is 0 Å². The number of carbonyl (C=O) groups is 2. The minimum atomic E-state index is -3.03. The van der Waals surface area contributed by atoms with Gasteiger partial charge < -0.3 is 15.3 Å². The van der Waals surface area contributed by atoms with Crippen LogP contribution in [0.4, 0.5) is 4.79 Å². The third kappa shape index (κ3) is 2.25. The zero-order valence-electron chi connectivity index (χ0n) is 11.0. The van der Waals surface area contributed by atoms with Gasteiger partial charge in [-0.1, -0.05) is 0 Å². The maximum atomic E-state index is 12.3. The van der Waals surface area contributed by atoms with E-state index < -0.39 is 21.7 Å². The first-order valence-electron chi connectivity index (χ1n) is 6.89. The number of nitrogens with one attached hydrogen (secondary N) is 1. The first-order valence-corrected chi connectivity index (χ1v) is 8.71. The fourth-order valence-electron chi connectivity index (χ4n) is 3.73. The minimum absolute atomic E-state index is 0.00965. The third-order valence-corrected chi connectivity index (χ3v) is 6.42. The van der Waals surface area contributed by atoms with Gasteiger partial charge in [-0.2, -0.15) is 0 Å². The number of fused-ring (bicyclic) bond motifs is 2. The first-order chi connectivity index (χ1) is 9.37. The lowest BCUT2D eigenvalue weighted by molar-refractivity contribution is -0.142. The van der Waals surface area contributed by atoms with Crippen LogP contribution in [0.1, 0.15) is 25.7 Å². The van der Waals surface area contributed by atoms with E-state index in [2.05, 4.69) is 5.32 Å². The van der Waals surface area contributed by atoms with Crippen molar-refractivity contribution in [3.8, 4) is 0 Å². The minimum Gasteiger partial charge on any atom is -0.481 e. The molecule has 0 radical (unpaired) electrons. The van der Waals surface area contributed by atoms with Crippen LogP contribution in [0.2, 0.25) is 0 Å². The molecule has 0 aromatic carbocycles. The van der Waals surface area contributed by atoms with E-state index in [1.165, 1.54) is 0 Å². The fraction of sp³-hybridized carbons (Fsp3) is 0.833. The number of carboxylic acids is 1. The molecular weight excluding hydrogens is 284 g/mol. The smallest absolute Gasteiger partial charge is 0.318 e. The number of aliphatic carboxylic acids is 1. The molecule has 2 amide bonds. The number of amides is 2. The van der Waals surface area contributed by atoms with Crippen molar-refractivity contribution in [2.45, 2.75) is 43.8 Å². The van der Waals surface area contributed by atoms with Gasteiger partial charge in [-0.3, -0.25) is 4.79 Å². The Balaban J connectivity index is 1.65. The Bertz CT molecular complexity index is 546. The molecule has 112 valence electrons. The van der Waals surface area contributed by atoms with Crippen molar-refractivity contribution in [2.75, 3.05) is 11.5 Å². The Morgan fingerprint density at radius 1 is 1.20 bits per heavy atom. The van der Waals surface area contributed by atoms with Gasteiger partial charge in [-0.05, 0) is 25.7 Å². The predicted octanol–water partition coefficient (Wildman–Crippen LogP) is -0.179. The van der Waals surface area contributed by atoms with Crippen LogP contribution in [-0.2, 0) is 14.6 Å². The average molecular weight is 302 g/mol. The number of nitrogens with zero attached hydrogens (tertiary/aromatic N) is 1. The van der Waals surface area contributed by atoms with Gasteiger partial charge in [0, 0.05) is 18.1 Å². The highest BCUT2D eigenvalue weighted by Gasteiger charge is 2.51. The molecule has 7 nitrogen and oxygen atoms in total. The Kier molecular flexibility index (Phi) is 3.15. The molecule has 4 atom stereocenters. The van der Waals surface area contributed by atoms with Gasteiger partial charge in [0.1, 0.15) is 0 Å². The van der Waals surface area contributed by atoms with Gasteiger partial charge in [-0.25, -0.2) is 13.2 Å². The van der Waals surface area contributed by atoms with Crippen molar-refractivity contribution in [2.24, 2.45) is 5.92 Å². The van der Waals surface area contributed by atoms with Crippen molar-refractivity contribution >= 4 is 21.8 Å². The summed E-state index contributed by atoms with van der Waals surface area (Å²) in [7, 11) is -3.03. The number of carboxylic acid groups (broad SMARTS) is 1. The van der Waals surface area contributed by atoms with Crippen LogP contribution in [-0.4, -0.2) is 60.1 Å². The lowest BCUT2D eigenvalue weighted by Gasteiger charge is -2.25. The quantitative estimate of drug-likeness (QED) is 0.736. The zero-order chi connectivity index (χ0) is 14.5. The molecule has 3 rings (SSSR count). The maximum Gasteiger partial charge on any atom is 0.318 e. The van der Waals surface area contributed by atoms with E-state index in [0.29, 0.717) is 12.8 Å². The van der Waals surface area contributed by atoms with Crippen molar-refractivity contribution in [1.82, 2.24) is 10.2 Å². The van der Waals surface area contributed by atoms with E-state index in [9.17, 15) is 18.0 Å². The van der Waals surface area contributed by atoms with E-state index >= 15 is 0 Å². The van der Waals surface area contributed by atoms with Crippen LogP contribution in [0.3, 0.4) is 0 Å². The summed E-state index contributed by atoms with van der Waals surface area (Å²) in [6.45, 7) is 0. The molecule has 2 N–H and O–H groups in total. The van der Waals surface area contributed by atoms with Crippen molar-refractivity contribution in [3.05, 3.63) is 0 Å². The number of urea groups is 1. The van der Waals surface area contributed by atoms with E-state index in [1.54, 1.807) is 4.90 Å². The zero-order valence-corrected chi connectivity index (χ0v) is 11.8. The second kappa shape index (κ2) is 4.61. The van der Waals surface area contributed by atoms with Gasteiger partial charge in [0.05, 0.1) is 17.4 Å². The second-order valence-corrected chi connectivity index (χ2v) is 8.16. The highest BCUT2D eigenvalue weighted by atomic mass is 32.2. The molecule has 20 heavy (non-hydrogen) atoms. The van der Waals surface area contributed by atoms with Crippen LogP contribution in [0.15, 0.2) is 0 Å². The lowest BCUT2D eigenvalue weighted by Crippen LogP contribution is -2.48. The SMILES string of the molecule is O=C(O)C1CC2CCC1N2C(=O)NC1CCS(=O)(=O)C1. The molecule has 3 saturated heterocycles. The number of sulfone groups is 1. The molecule has 4 unspecified atom stereocenters. The van der Waals surface area contributed by atoms with Crippen molar-refractivity contribution < 1.29 is 23.1 Å². The van der Waals surface area contributed by atoms with E-state index in [0.717, 1.165) is 12.8 Å². The largest absolute Gasteiger partial charge is 0.481 e. The number of rotatable bonds is 2. The standard InChI is InChI=1S/C12H18N2O5S/c15-11(16)9-5-8-1-2-10(9)14(8)12(17)13-7-3-4-20(18,19)6-7/h7-10H,1-6H2,(H,13,17)(H,15,16). The summed E-state index contributed by atoms with van der Waals surface area (Å²) >= 11 is 0. The number of hydrogen-bond donors (Lipinski definition) is 2. The Labute approximate surface area is 117 Å². The molecule has 0 aromatic heterocycles. The molecule has 0 saturated carbocycles. The summed E-state index contributed by atoms with van der Waals surface area (Å²) in [5, 5.41) is 11.9. The summed E-state index contributed by atoms with van der Waals surface area (Å²) < 4.78 is 22.8. The van der Waals surface area contributed by atoms with Crippen molar-refractivity contribution in [1.29, 1.82) is 0 Å². The summed E-state index contributed by atoms with van der Waals surface area (Å²) in [4.78, 5) is 25.0. The molecule has 2 bridgehead atoms. The fourth-order valence-corrected chi connectivity index (χ4v) is 5.40. The number of hydrogen-bond acceptors (Lipinski definition) is 4. The Hall–Kier alpha value is -1.31.